The topological polar surface area (TPSA) is 112 Å². The third-order valence-corrected chi connectivity index (χ3v) is 4.76. The summed E-state index contributed by atoms with van der Waals surface area (Å²) in [5.41, 5.74) is 0.485. The zero-order valence-corrected chi connectivity index (χ0v) is 14.2. The third kappa shape index (κ3) is 4.08. The van der Waals surface area contributed by atoms with E-state index in [1.165, 1.54) is 6.07 Å². The molecule has 2 aliphatic rings. The molecule has 0 bridgehead atoms. The molecule has 3 N–H and O–H groups in total. The number of amides is 2. The van der Waals surface area contributed by atoms with E-state index in [2.05, 4.69) is 10.3 Å². The minimum absolute atomic E-state index is 0.00565. The molecule has 2 fully saturated rings. The van der Waals surface area contributed by atoms with Gasteiger partial charge in [-0.2, -0.15) is 0 Å². The lowest BCUT2D eigenvalue weighted by Gasteiger charge is -2.29. The first-order chi connectivity index (χ1) is 11.9. The third-order valence-electron chi connectivity index (χ3n) is 4.76. The molecule has 2 amide bonds. The van der Waals surface area contributed by atoms with Crippen LogP contribution in [0.5, 0.6) is 0 Å². The van der Waals surface area contributed by atoms with Gasteiger partial charge in [0, 0.05) is 36.3 Å². The Bertz CT molecular complexity index is 710. The summed E-state index contributed by atoms with van der Waals surface area (Å²) in [4.78, 5) is 40.7. The molecule has 1 saturated carbocycles. The van der Waals surface area contributed by atoms with Crippen LogP contribution in [0.4, 0.5) is 0 Å². The van der Waals surface area contributed by atoms with Crippen molar-refractivity contribution in [3.63, 3.8) is 0 Å². The van der Waals surface area contributed by atoms with E-state index in [0.29, 0.717) is 44.8 Å². The van der Waals surface area contributed by atoms with Crippen LogP contribution in [0, 0.1) is 12.8 Å². The Balaban J connectivity index is 1.62. The number of nitrogens with one attached hydrogen (secondary N) is 2. The summed E-state index contributed by atoms with van der Waals surface area (Å²) in [5.74, 6) is -0.719. The largest absolute Gasteiger partial charge is 0.391 e. The van der Waals surface area contributed by atoms with Crippen LogP contribution >= 0.6 is 0 Å². The second-order valence-corrected chi connectivity index (χ2v) is 6.67. The quantitative estimate of drug-likeness (QED) is 0.675. The molecule has 136 valence electrons. The SMILES string of the molecule is Cc1cc(C(=O)N[C@@H]2C[C@H](C(=O)N3CCOCC3)C[C@H]2O)cc(=O)[nH]1. The number of ether oxygens (including phenoxy) is 1. The maximum Gasteiger partial charge on any atom is 0.251 e. The molecule has 8 nitrogen and oxygen atoms in total. The normalized spacial score (nSPS) is 26.5. The van der Waals surface area contributed by atoms with Gasteiger partial charge in [-0.25, -0.2) is 0 Å². The molecular formula is C17H23N3O5. The van der Waals surface area contributed by atoms with Crippen molar-refractivity contribution in [3.05, 3.63) is 33.7 Å². The summed E-state index contributed by atoms with van der Waals surface area (Å²) in [6.45, 7) is 3.88. The van der Waals surface area contributed by atoms with Gasteiger partial charge in [-0.15, -0.1) is 0 Å². The number of aromatic nitrogens is 1. The fourth-order valence-electron chi connectivity index (χ4n) is 3.48. The molecule has 1 aliphatic carbocycles. The molecule has 3 rings (SSSR count). The summed E-state index contributed by atoms with van der Waals surface area (Å²) in [5, 5.41) is 13.0. The van der Waals surface area contributed by atoms with Gasteiger partial charge in [0.1, 0.15) is 0 Å². The number of rotatable bonds is 3. The van der Waals surface area contributed by atoms with Crippen molar-refractivity contribution in [2.45, 2.75) is 31.9 Å². The van der Waals surface area contributed by atoms with Crippen molar-refractivity contribution in [1.29, 1.82) is 0 Å². The van der Waals surface area contributed by atoms with Crippen molar-refractivity contribution in [1.82, 2.24) is 15.2 Å². The lowest BCUT2D eigenvalue weighted by Crippen LogP contribution is -2.43. The maximum atomic E-state index is 12.5. The molecule has 1 aromatic heterocycles. The number of carbonyl (C=O) groups is 2. The second kappa shape index (κ2) is 7.37. The van der Waals surface area contributed by atoms with Gasteiger partial charge in [0.05, 0.1) is 25.4 Å². The van der Waals surface area contributed by atoms with Gasteiger partial charge in [-0.1, -0.05) is 0 Å². The number of hydrogen-bond acceptors (Lipinski definition) is 5. The second-order valence-electron chi connectivity index (χ2n) is 6.67. The van der Waals surface area contributed by atoms with Gasteiger partial charge < -0.3 is 25.0 Å². The molecule has 0 unspecified atom stereocenters. The Morgan fingerprint density at radius 3 is 2.68 bits per heavy atom. The summed E-state index contributed by atoms with van der Waals surface area (Å²) in [7, 11) is 0. The molecule has 8 heteroatoms. The molecule has 0 spiro atoms. The lowest BCUT2D eigenvalue weighted by molar-refractivity contribution is -0.139. The highest BCUT2D eigenvalue weighted by molar-refractivity contribution is 5.94. The van der Waals surface area contributed by atoms with E-state index in [4.69, 9.17) is 4.74 Å². The molecule has 3 atom stereocenters. The molecular weight excluding hydrogens is 326 g/mol. The average molecular weight is 349 g/mol. The van der Waals surface area contributed by atoms with Crippen molar-refractivity contribution in [2.24, 2.45) is 5.92 Å². The van der Waals surface area contributed by atoms with Crippen LogP contribution in [0.1, 0.15) is 28.9 Å². The molecule has 25 heavy (non-hydrogen) atoms. The number of H-pyrrole nitrogens is 1. The number of nitrogens with zero attached hydrogens (tertiary/aromatic N) is 1. The Hall–Kier alpha value is -2.19. The van der Waals surface area contributed by atoms with Gasteiger partial charge in [-0.3, -0.25) is 14.4 Å². The Labute approximate surface area is 145 Å². The summed E-state index contributed by atoms with van der Waals surface area (Å²) < 4.78 is 5.25. The number of aliphatic hydroxyl groups excluding tert-OH is 1. The highest BCUT2D eigenvalue weighted by atomic mass is 16.5. The predicted molar refractivity (Wildman–Crippen MR) is 89.2 cm³/mol. The van der Waals surface area contributed by atoms with E-state index in [9.17, 15) is 19.5 Å². The standard InChI is InChI=1S/C17H23N3O5/c1-10-6-11(9-15(22)18-10)16(23)19-13-7-12(8-14(13)21)17(24)20-2-4-25-5-3-20/h6,9,12-14,21H,2-5,7-8H2,1H3,(H,18,22)(H,19,23)/t12-,13+,14+/m0/s1. The molecule has 1 aliphatic heterocycles. The number of aryl methyl sites for hydroxylation is 1. The number of morpholine rings is 1. The van der Waals surface area contributed by atoms with Crippen molar-refractivity contribution < 1.29 is 19.4 Å². The molecule has 0 radical (unpaired) electrons. The number of aliphatic hydroxyl groups is 1. The summed E-state index contributed by atoms with van der Waals surface area (Å²) in [6, 6.07) is 2.30. The van der Waals surface area contributed by atoms with E-state index in [1.54, 1.807) is 17.9 Å². The Morgan fingerprint density at radius 1 is 1.28 bits per heavy atom. The molecule has 2 heterocycles. The van der Waals surface area contributed by atoms with Gasteiger partial charge in [-0.05, 0) is 25.8 Å². The molecule has 0 aromatic carbocycles. The van der Waals surface area contributed by atoms with Gasteiger partial charge >= 0.3 is 0 Å². The van der Waals surface area contributed by atoms with E-state index in [0.717, 1.165) is 0 Å². The van der Waals surface area contributed by atoms with Crippen LogP contribution in [0.25, 0.3) is 0 Å². The van der Waals surface area contributed by atoms with Gasteiger partial charge in [0.15, 0.2) is 0 Å². The Kier molecular flexibility index (Phi) is 5.19. The van der Waals surface area contributed by atoms with Crippen LogP contribution in [0.3, 0.4) is 0 Å². The fraction of sp³-hybridized carbons (Fsp3) is 0.588. The number of hydrogen-bond donors (Lipinski definition) is 3. The zero-order valence-electron chi connectivity index (χ0n) is 14.2. The summed E-state index contributed by atoms with van der Waals surface area (Å²) in [6.07, 6.45) is -0.0529. The maximum absolute atomic E-state index is 12.5. The number of pyridine rings is 1. The minimum atomic E-state index is -0.776. The highest BCUT2D eigenvalue weighted by Gasteiger charge is 2.39. The highest BCUT2D eigenvalue weighted by Crippen LogP contribution is 2.28. The smallest absolute Gasteiger partial charge is 0.251 e. The van der Waals surface area contributed by atoms with E-state index < -0.39 is 18.1 Å². The predicted octanol–water partition coefficient (Wildman–Crippen LogP) is -0.589. The minimum Gasteiger partial charge on any atom is -0.391 e. The van der Waals surface area contributed by atoms with Crippen LogP contribution in [-0.2, 0) is 9.53 Å². The van der Waals surface area contributed by atoms with Crippen LogP contribution in [0.15, 0.2) is 16.9 Å². The van der Waals surface area contributed by atoms with Gasteiger partial charge in [0.2, 0.25) is 11.5 Å². The van der Waals surface area contributed by atoms with Crippen molar-refractivity contribution >= 4 is 11.8 Å². The number of carbonyl (C=O) groups excluding carboxylic acids is 2. The van der Waals surface area contributed by atoms with Crippen molar-refractivity contribution in [3.8, 4) is 0 Å². The average Bonchev–Trinajstić information content (AvgIpc) is 2.95. The Morgan fingerprint density at radius 2 is 2.00 bits per heavy atom. The monoisotopic (exact) mass is 349 g/mol. The first-order valence-electron chi connectivity index (χ1n) is 8.50. The van der Waals surface area contributed by atoms with Crippen molar-refractivity contribution in [2.75, 3.05) is 26.3 Å². The van der Waals surface area contributed by atoms with E-state index in [1.807, 2.05) is 0 Å². The first kappa shape index (κ1) is 17.6. The lowest BCUT2D eigenvalue weighted by atomic mass is 10.1. The van der Waals surface area contributed by atoms with E-state index in [-0.39, 0.29) is 22.9 Å². The summed E-state index contributed by atoms with van der Waals surface area (Å²) >= 11 is 0. The van der Waals surface area contributed by atoms with Gasteiger partial charge in [0.25, 0.3) is 5.91 Å². The first-order valence-corrected chi connectivity index (χ1v) is 8.50. The zero-order chi connectivity index (χ0) is 18.0. The van der Waals surface area contributed by atoms with E-state index >= 15 is 0 Å². The fourth-order valence-corrected chi connectivity index (χ4v) is 3.48. The van der Waals surface area contributed by atoms with Crippen LogP contribution < -0.4 is 10.9 Å². The molecule has 1 saturated heterocycles. The van der Waals surface area contributed by atoms with Crippen LogP contribution in [0.2, 0.25) is 0 Å². The number of aromatic amines is 1. The van der Waals surface area contributed by atoms with Crippen LogP contribution in [-0.4, -0.2) is 65.3 Å². The molecule has 1 aromatic rings.